The zero-order valence-electron chi connectivity index (χ0n) is 13.8. The normalized spacial score (nSPS) is 13.3. The molecule has 0 fully saturated rings. The van der Waals surface area contributed by atoms with Gasteiger partial charge in [0.1, 0.15) is 11.6 Å². The van der Waals surface area contributed by atoms with E-state index in [1.54, 1.807) is 0 Å². The van der Waals surface area contributed by atoms with Crippen LogP contribution in [0.1, 0.15) is 53.0 Å². The molecule has 0 spiro atoms. The second-order valence-corrected chi connectivity index (χ2v) is 7.07. The lowest BCUT2D eigenvalue weighted by molar-refractivity contribution is 0.273. The molecule has 0 bridgehead atoms. The Morgan fingerprint density at radius 3 is 2.38 bits per heavy atom. The molecule has 0 aromatic heterocycles. The summed E-state index contributed by atoms with van der Waals surface area (Å²) in [7, 11) is 0. The zero-order chi connectivity index (χ0) is 16.1. The van der Waals surface area contributed by atoms with Crippen molar-refractivity contribution in [1.29, 1.82) is 0 Å². The van der Waals surface area contributed by atoms with Crippen LogP contribution in [0, 0.1) is 5.41 Å². The molecule has 0 aliphatic rings. The summed E-state index contributed by atoms with van der Waals surface area (Å²) in [4.78, 5) is 0. The minimum Gasteiger partial charge on any atom is -0.493 e. The average Bonchev–Trinajstić information content (AvgIpc) is 2.42. The molecule has 21 heavy (non-hydrogen) atoms. The van der Waals surface area contributed by atoms with Gasteiger partial charge in [-0.15, -0.1) is 0 Å². The zero-order valence-corrected chi connectivity index (χ0v) is 13.8. The fourth-order valence-corrected chi connectivity index (χ4v) is 2.17. The van der Waals surface area contributed by atoms with Crippen molar-refractivity contribution in [1.82, 2.24) is 0 Å². The van der Waals surface area contributed by atoms with Gasteiger partial charge >= 0.3 is 0 Å². The van der Waals surface area contributed by atoms with Crippen LogP contribution in [0.2, 0.25) is 0 Å². The van der Waals surface area contributed by atoms with Crippen LogP contribution in [0.25, 0.3) is 0 Å². The van der Waals surface area contributed by atoms with Gasteiger partial charge in [-0.3, -0.25) is 0 Å². The van der Waals surface area contributed by atoms with E-state index in [0.717, 1.165) is 18.6 Å². The molecule has 1 aromatic carbocycles. The summed E-state index contributed by atoms with van der Waals surface area (Å²) in [5.74, 6) is 1.20. The molecule has 0 amide bonds. The van der Waals surface area contributed by atoms with Gasteiger partial charge in [0.25, 0.3) is 0 Å². The molecule has 1 aromatic rings. The lowest BCUT2D eigenvalue weighted by Crippen LogP contribution is -2.32. The summed E-state index contributed by atoms with van der Waals surface area (Å²) in [6.07, 6.45) is 1.66. The Hall–Kier alpha value is -1.71. The number of ether oxygens (including phenoxy) is 1. The maximum atomic E-state index is 8.76. The van der Waals surface area contributed by atoms with Crippen molar-refractivity contribution in [2.75, 3.05) is 6.61 Å². The minimum absolute atomic E-state index is 0.0594. The number of hydrogen-bond donors (Lipinski definition) is 2. The molecule has 1 rings (SSSR count). The van der Waals surface area contributed by atoms with Crippen molar-refractivity contribution in [2.45, 2.75) is 52.9 Å². The van der Waals surface area contributed by atoms with Gasteiger partial charge in [-0.1, -0.05) is 58.0 Å². The maximum Gasteiger partial charge on any atom is 0.144 e. The summed E-state index contributed by atoms with van der Waals surface area (Å²) in [5.41, 5.74) is 6.64. The topological polar surface area (TPSA) is 67.8 Å². The van der Waals surface area contributed by atoms with Gasteiger partial charge in [0.2, 0.25) is 0 Å². The molecule has 3 N–H and O–H groups in total. The monoisotopic (exact) mass is 292 g/mol. The standard InChI is InChI=1S/C17H28N2O2/c1-16(2,3)13-9-6-7-10-14(13)21-12-8-11-17(4,5)15(18)19-20/h6-7,9-10,20H,8,11-12H2,1-5H3,(H2,18,19). The minimum atomic E-state index is -0.318. The van der Waals surface area contributed by atoms with E-state index >= 15 is 0 Å². The van der Waals surface area contributed by atoms with Gasteiger partial charge in [-0.2, -0.15) is 0 Å². The Labute approximate surface area is 128 Å². The van der Waals surface area contributed by atoms with Crippen LogP contribution in [0.4, 0.5) is 0 Å². The fraction of sp³-hybridized carbons (Fsp3) is 0.588. The molecule has 0 saturated heterocycles. The number of amidine groups is 1. The lowest BCUT2D eigenvalue weighted by atomic mass is 9.86. The quantitative estimate of drug-likeness (QED) is 0.274. The van der Waals surface area contributed by atoms with Crippen LogP contribution in [0.5, 0.6) is 5.75 Å². The van der Waals surface area contributed by atoms with Crippen molar-refractivity contribution in [3.05, 3.63) is 29.8 Å². The maximum absolute atomic E-state index is 8.76. The fourth-order valence-electron chi connectivity index (χ4n) is 2.17. The van der Waals surface area contributed by atoms with Crippen LogP contribution >= 0.6 is 0 Å². The highest BCUT2D eigenvalue weighted by atomic mass is 16.5. The first-order chi connectivity index (χ1) is 9.68. The molecule has 4 nitrogen and oxygen atoms in total. The molecule has 4 heteroatoms. The summed E-state index contributed by atoms with van der Waals surface area (Å²) in [6.45, 7) is 11.1. The largest absolute Gasteiger partial charge is 0.493 e. The van der Waals surface area contributed by atoms with Gasteiger partial charge in [0, 0.05) is 5.41 Å². The van der Waals surface area contributed by atoms with E-state index < -0.39 is 0 Å². The Morgan fingerprint density at radius 2 is 1.81 bits per heavy atom. The number of nitrogens with two attached hydrogens (primary N) is 1. The number of nitrogens with zero attached hydrogens (tertiary/aromatic N) is 1. The van der Waals surface area contributed by atoms with Gasteiger partial charge in [-0.05, 0) is 29.9 Å². The summed E-state index contributed by atoms with van der Waals surface area (Å²) >= 11 is 0. The molecule has 0 aliphatic heterocycles. The van der Waals surface area contributed by atoms with Crippen molar-refractivity contribution in [2.24, 2.45) is 16.3 Å². The van der Waals surface area contributed by atoms with Gasteiger partial charge in [0.05, 0.1) is 6.61 Å². The van der Waals surface area contributed by atoms with Crippen LogP contribution in [0.3, 0.4) is 0 Å². The summed E-state index contributed by atoms with van der Waals surface area (Å²) < 4.78 is 5.93. The predicted molar refractivity (Wildman–Crippen MR) is 87.1 cm³/mol. The van der Waals surface area contributed by atoms with Crippen LogP contribution in [-0.4, -0.2) is 17.6 Å². The number of para-hydroxylation sites is 1. The van der Waals surface area contributed by atoms with E-state index in [4.69, 9.17) is 15.7 Å². The van der Waals surface area contributed by atoms with E-state index in [0.29, 0.717) is 6.61 Å². The van der Waals surface area contributed by atoms with Gasteiger partial charge in [0.15, 0.2) is 0 Å². The highest BCUT2D eigenvalue weighted by molar-refractivity contribution is 5.85. The average molecular weight is 292 g/mol. The SMILES string of the molecule is CC(C)(CCCOc1ccccc1C(C)(C)C)C(N)=NO. The second kappa shape index (κ2) is 6.83. The van der Waals surface area contributed by atoms with Crippen LogP contribution in [-0.2, 0) is 5.41 Å². The van der Waals surface area contributed by atoms with E-state index in [9.17, 15) is 0 Å². The van der Waals surface area contributed by atoms with E-state index in [1.165, 1.54) is 5.56 Å². The molecule has 0 aliphatic carbocycles. The smallest absolute Gasteiger partial charge is 0.144 e. The Morgan fingerprint density at radius 1 is 1.19 bits per heavy atom. The molecular formula is C17H28N2O2. The molecule has 118 valence electrons. The highest BCUT2D eigenvalue weighted by Crippen LogP contribution is 2.31. The second-order valence-electron chi connectivity index (χ2n) is 7.07. The first-order valence-corrected chi connectivity index (χ1v) is 7.39. The third kappa shape index (κ3) is 4.96. The van der Waals surface area contributed by atoms with E-state index in [1.807, 2.05) is 32.0 Å². The molecule has 0 saturated carbocycles. The third-order valence-electron chi connectivity index (χ3n) is 3.70. The Bertz CT molecular complexity index is 488. The summed E-state index contributed by atoms with van der Waals surface area (Å²) in [6, 6.07) is 8.14. The third-order valence-corrected chi connectivity index (χ3v) is 3.70. The lowest BCUT2D eigenvalue weighted by Gasteiger charge is -2.24. The molecule has 0 heterocycles. The van der Waals surface area contributed by atoms with Gasteiger partial charge < -0.3 is 15.7 Å². The number of hydrogen-bond acceptors (Lipinski definition) is 3. The van der Waals surface area contributed by atoms with E-state index in [-0.39, 0.29) is 16.7 Å². The van der Waals surface area contributed by atoms with Crippen molar-refractivity contribution in [3.63, 3.8) is 0 Å². The molecule has 0 unspecified atom stereocenters. The van der Waals surface area contributed by atoms with Crippen LogP contribution < -0.4 is 10.5 Å². The van der Waals surface area contributed by atoms with Crippen LogP contribution in [0.15, 0.2) is 29.4 Å². The van der Waals surface area contributed by atoms with Crippen molar-refractivity contribution >= 4 is 5.84 Å². The molecular weight excluding hydrogens is 264 g/mol. The Balaban J connectivity index is 2.59. The number of oxime groups is 1. The molecule has 0 radical (unpaired) electrons. The van der Waals surface area contributed by atoms with E-state index in [2.05, 4.69) is 32.0 Å². The Kier molecular flexibility index (Phi) is 5.64. The highest BCUT2D eigenvalue weighted by Gasteiger charge is 2.23. The number of rotatable bonds is 6. The first kappa shape index (κ1) is 17.3. The summed E-state index contributed by atoms with van der Waals surface area (Å²) in [5, 5.41) is 11.9. The van der Waals surface area contributed by atoms with Gasteiger partial charge in [-0.25, -0.2) is 0 Å². The van der Waals surface area contributed by atoms with Crippen molar-refractivity contribution in [3.8, 4) is 5.75 Å². The van der Waals surface area contributed by atoms with Crippen molar-refractivity contribution < 1.29 is 9.94 Å². The number of benzene rings is 1. The molecule has 0 atom stereocenters. The predicted octanol–water partition coefficient (Wildman–Crippen LogP) is 3.92. The first-order valence-electron chi connectivity index (χ1n) is 7.39.